The van der Waals surface area contributed by atoms with Crippen LogP contribution in [0.4, 0.5) is 5.69 Å². The molecule has 1 saturated heterocycles. The number of amides is 2. The zero-order chi connectivity index (χ0) is 20.1. The third-order valence-electron chi connectivity index (χ3n) is 6.29. The fourth-order valence-corrected chi connectivity index (χ4v) is 4.40. The molecule has 1 aliphatic carbocycles. The molecule has 0 aromatic heterocycles. The van der Waals surface area contributed by atoms with Gasteiger partial charge in [-0.1, -0.05) is 18.2 Å². The Morgan fingerprint density at radius 2 is 1.86 bits per heavy atom. The first-order chi connectivity index (χ1) is 13.5. The SMILES string of the molecule is CN[C@@H](C)C(=O)N1CCC[C@H]1C(=O)N(C[C@H]1CC[C@H](N)CC1)c1ccccc1. The second kappa shape index (κ2) is 9.52. The number of likely N-dealkylation sites (N-methyl/N-ethyl adjacent to an activating group) is 1. The van der Waals surface area contributed by atoms with Crippen LogP contribution in [0.1, 0.15) is 45.4 Å². The van der Waals surface area contributed by atoms with Gasteiger partial charge in [0.2, 0.25) is 11.8 Å². The molecule has 0 spiro atoms. The number of hydrogen-bond donors (Lipinski definition) is 2. The molecule has 2 fully saturated rings. The Bertz CT molecular complexity index is 658. The second-order valence-electron chi connectivity index (χ2n) is 8.27. The normalized spacial score (nSPS) is 26.1. The molecular weight excluding hydrogens is 352 g/mol. The molecule has 0 bridgehead atoms. The van der Waals surface area contributed by atoms with Crippen LogP contribution < -0.4 is 16.0 Å². The molecule has 3 N–H and O–H groups in total. The lowest BCUT2D eigenvalue weighted by Crippen LogP contribution is -2.53. The summed E-state index contributed by atoms with van der Waals surface area (Å²) in [6.07, 6.45) is 5.77. The van der Waals surface area contributed by atoms with Gasteiger partial charge >= 0.3 is 0 Å². The summed E-state index contributed by atoms with van der Waals surface area (Å²) in [6, 6.07) is 9.52. The predicted octanol–water partition coefficient (Wildman–Crippen LogP) is 2.14. The van der Waals surface area contributed by atoms with Crippen molar-refractivity contribution >= 4 is 17.5 Å². The Balaban J connectivity index is 1.79. The number of carbonyl (C=O) groups is 2. The Kier molecular flexibility index (Phi) is 7.08. The molecule has 1 aromatic rings. The highest BCUT2D eigenvalue weighted by atomic mass is 16.2. The van der Waals surface area contributed by atoms with Gasteiger partial charge in [-0.15, -0.1) is 0 Å². The van der Waals surface area contributed by atoms with Crippen molar-refractivity contribution in [2.24, 2.45) is 11.7 Å². The first-order valence-electron chi connectivity index (χ1n) is 10.6. The highest BCUT2D eigenvalue weighted by Gasteiger charge is 2.38. The van der Waals surface area contributed by atoms with Gasteiger partial charge in [0.05, 0.1) is 6.04 Å². The molecule has 1 aromatic carbocycles. The van der Waals surface area contributed by atoms with E-state index < -0.39 is 0 Å². The van der Waals surface area contributed by atoms with E-state index in [-0.39, 0.29) is 23.9 Å². The summed E-state index contributed by atoms with van der Waals surface area (Å²) < 4.78 is 0. The van der Waals surface area contributed by atoms with Crippen molar-refractivity contribution in [1.29, 1.82) is 0 Å². The Labute approximate surface area is 168 Å². The fraction of sp³-hybridized carbons (Fsp3) is 0.636. The predicted molar refractivity (Wildman–Crippen MR) is 112 cm³/mol. The van der Waals surface area contributed by atoms with Gasteiger partial charge in [0.1, 0.15) is 6.04 Å². The van der Waals surface area contributed by atoms with Crippen LogP contribution >= 0.6 is 0 Å². The maximum atomic E-state index is 13.6. The number of para-hydroxylation sites is 1. The van der Waals surface area contributed by atoms with E-state index in [1.54, 1.807) is 11.9 Å². The molecule has 154 valence electrons. The minimum Gasteiger partial charge on any atom is -0.329 e. The molecule has 2 atom stereocenters. The molecule has 2 aliphatic rings. The van der Waals surface area contributed by atoms with Crippen molar-refractivity contribution in [3.05, 3.63) is 30.3 Å². The van der Waals surface area contributed by atoms with Crippen molar-refractivity contribution in [2.75, 3.05) is 25.0 Å². The monoisotopic (exact) mass is 386 g/mol. The van der Waals surface area contributed by atoms with Crippen molar-refractivity contribution in [3.63, 3.8) is 0 Å². The lowest BCUT2D eigenvalue weighted by Gasteiger charge is -2.35. The van der Waals surface area contributed by atoms with E-state index >= 15 is 0 Å². The van der Waals surface area contributed by atoms with Crippen LogP contribution in [0.3, 0.4) is 0 Å². The van der Waals surface area contributed by atoms with E-state index in [2.05, 4.69) is 5.32 Å². The molecule has 1 aliphatic heterocycles. The third kappa shape index (κ3) is 4.73. The summed E-state index contributed by atoms with van der Waals surface area (Å²) in [7, 11) is 1.78. The highest BCUT2D eigenvalue weighted by Crippen LogP contribution is 2.29. The van der Waals surface area contributed by atoms with Gasteiger partial charge in [0, 0.05) is 24.8 Å². The molecule has 0 radical (unpaired) electrons. The average Bonchev–Trinajstić information content (AvgIpc) is 3.22. The minimum atomic E-state index is -0.366. The molecular formula is C22H34N4O2. The zero-order valence-electron chi connectivity index (χ0n) is 17.1. The van der Waals surface area contributed by atoms with Crippen LogP contribution in [0.25, 0.3) is 0 Å². The molecule has 2 amide bonds. The van der Waals surface area contributed by atoms with E-state index in [1.165, 1.54) is 0 Å². The number of likely N-dealkylation sites (tertiary alicyclic amines) is 1. The van der Waals surface area contributed by atoms with Crippen molar-refractivity contribution in [3.8, 4) is 0 Å². The second-order valence-corrected chi connectivity index (χ2v) is 8.27. The highest BCUT2D eigenvalue weighted by molar-refractivity contribution is 6.00. The summed E-state index contributed by atoms with van der Waals surface area (Å²) in [5.74, 6) is 0.524. The average molecular weight is 387 g/mol. The number of carbonyl (C=O) groups excluding carboxylic acids is 2. The third-order valence-corrected chi connectivity index (χ3v) is 6.29. The lowest BCUT2D eigenvalue weighted by atomic mass is 9.86. The van der Waals surface area contributed by atoms with E-state index in [0.717, 1.165) is 44.2 Å². The Morgan fingerprint density at radius 3 is 2.50 bits per heavy atom. The topological polar surface area (TPSA) is 78.7 Å². The van der Waals surface area contributed by atoms with Crippen LogP contribution in [0.2, 0.25) is 0 Å². The standard InChI is InChI=1S/C22H34N4O2/c1-16(24-2)21(27)25-14-6-9-20(25)22(28)26(19-7-4-3-5-8-19)15-17-10-12-18(23)13-11-17/h3-5,7-8,16-18,20,24H,6,9-15,23H2,1-2H3/t16-,17-,18-,20-/m0/s1. The summed E-state index contributed by atoms with van der Waals surface area (Å²) in [4.78, 5) is 30.0. The number of benzene rings is 1. The molecule has 28 heavy (non-hydrogen) atoms. The van der Waals surface area contributed by atoms with Crippen molar-refractivity contribution < 1.29 is 9.59 Å². The zero-order valence-corrected chi connectivity index (χ0v) is 17.1. The summed E-state index contributed by atoms with van der Waals surface area (Å²) >= 11 is 0. The van der Waals surface area contributed by atoms with Crippen LogP contribution in [0, 0.1) is 5.92 Å². The van der Waals surface area contributed by atoms with Gasteiger partial charge in [-0.05, 0) is 70.5 Å². The maximum Gasteiger partial charge on any atom is 0.249 e. The van der Waals surface area contributed by atoms with Crippen LogP contribution in [0.5, 0.6) is 0 Å². The van der Waals surface area contributed by atoms with Gasteiger partial charge in [0.15, 0.2) is 0 Å². The van der Waals surface area contributed by atoms with E-state index in [4.69, 9.17) is 5.73 Å². The summed E-state index contributed by atoms with van der Waals surface area (Å²) in [6.45, 7) is 3.21. The van der Waals surface area contributed by atoms with Gasteiger partial charge in [0.25, 0.3) is 0 Å². The lowest BCUT2D eigenvalue weighted by molar-refractivity contribution is -0.138. The number of nitrogens with one attached hydrogen (secondary N) is 1. The molecule has 1 heterocycles. The van der Waals surface area contributed by atoms with Crippen molar-refractivity contribution in [2.45, 2.75) is 63.6 Å². The van der Waals surface area contributed by atoms with Crippen LogP contribution in [0.15, 0.2) is 30.3 Å². The van der Waals surface area contributed by atoms with E-state index in [1.807, 2.05) is 42.2 Å². The van der Waals surface area contributed by atoms with Gasteiger partial charge in [-0.2, -0.15) is 0 Å². The number of anilines is 1. The summed E-state index contributed by atoms with van der Waals surface area (Å²) in [5, 5.41) is 3.00. The summed E-state index contributed by atoms with van der Waals surface area (Å²) in [5.41, 5.74) is 6.98. The maximum absolute atomic E-state index is 13.6. The number of rotatable bonds is 6. The smallest absolute Gasteiger partial charge is 0.249 e. The largest absolute Gasteiger partial charge is 0.329 e. The first kappa shape index (κ1) is 20.8. The van der Waals surface area contributed by atoms with Crippen LogP contribution in [-0.2, 0) is 9.59 Å². The Morgan fingerprint density at radius 1 is 1.18 bits per heavy atom. The number of nitrogens with zero attached hydrogens (tertiary/aromatic N) is 2. The molecule has 3 rings (SSSR count). The van der Waals surface area contributed by atoms with Gasteiger partial charge in [-0.25, -0.2) is 0 Å². The van der Waals surface area contributed by atoms with E-state index in [0.29, 0.717) is 25.0 Å². The molecule has 1 saturated carbocycles. The molecule has 6 heteroatoms. The Hall–Kier alpha value is -1.92. The van der Waals surface area contributed by atoms with Crippen molar-refractivity contribution in [1.82, 2.24) is 10.2 Å². The van der Waals surface area contributed by atoms with Crippen LogP contribution in [-0.4, -0.2) is 55.0 Å². The van der Waals surface area contributed by atoms with E-state index in [9.17, 15) is 9.59 Å². The molecule has 0 unspecified atom stereocenters. The molecule has 6 nitrogen and oxygen atoms in total. The van der Waals surface area contributed by atoms with Gasteiger partial charge in [-0.3, -0.25) is 9.59 Å². The number of hydrogen-bond acceptors (Lipinski definition) is 4. The fourth-order valence-electron chi connectivity index (χ4n) is 4.40. The minimum absolute atomic E-state index is 0.00926. The first-order valence-corrected chi connectivity index (χ1v) is 10.6. The number of nitrogens with two attached hydrogens (primary N) is 1. The van der Waals surface area contributed by atoms with Gasteiger partial charge < -0.3 is 20.9 Å². The quantitative estimate of drug-likeness (QED) is 0.785.